The van der Waals surface area contributed by atoms with Gasteiger partial charge in [0.2, 0.25) is 5.79 Å². The van der Waals surface area contributed by atoms with E-state index in [1.807, 2.05) is 30.3 Å². The van der Waals surface area contributed by atoms with Crippen molar-refractivity contribution in [2.24, 2.45) is 11.8 Å². The molecule has 3 nitrogen and oxygen atoms in total. The van der Waals surface area contributed by atoms with E-state index in [1.54, 1.807) is 0 Å². The van der Waals surface area contributed by atoms with Crippen LogP contribution in [-0.2, 0) is 20.7 Å². The molecule has 0 radical (unpaired) electrons. The van der Waals surface area contributed by atoms with Gasteiger partial charge in [0.05, 0.1) is 0 Å². The lowest BCUT2D eigenvalue weighted by Gasteiger charge is -2.41. The Morgan fingerprint density at radius 2 is 1.80 bits per heavy atom. The third-order valence-electron chi connectivity index (χ3n) is 4.76. The van der Waals surface area contributed by atoms with Crippen molar-refractivity contribution in [1.29, 1.82) is 0 Å². The molecule has 0 aromatic heterocycles. The summed E-state index contributed by atoms with van der Waals surface area (Å²) in [4.78, 5) is 12.2. The Balaban J connectivity index is 1.77. The minimum absolute atomic E-state index is 0.200. The number of carbonyl (C=O) groups is 1. The van der Waals surface area contributed by atoms with Crippen LogP contribution in [0.5, 0.6) is 0 Å². The van der Waals surface area contributed by atoms with Gasteiger partial charge in [0, 0.05) is 18.3 Å². The van der Waals surface area contributed by atoms with Gasteiger partial charge in [0.1, 0.15) is 0 Å². The Morgan fingerprint density at radius 1 is 1.15 bits per heavy atom. The van der Waals surface area contributed by atoms with E-state index in [-0.39, 0.29) is 17.8 Å². The second kappa shape index (κ2) is 5.21. The van der Waals surface area contributed by atoms with Gasteiger partial charge >= 0.3 is 5.97 Å². The van der Waals surface area contributed by atoms with Crippen LogP contribution in [0, 0.1) is 11.8 Å². The third kappa shape index (κ3) is 2.24. The summed E-state index contributed by atoms with van der Waals surface area (Å²) in [6.07, 6.45) is 3.46. The first-order chi connectivity index (χ1) is 9.62. The van der Waals surface area contributed by atoms with Crippen LogP contribution < -0.4 is 0 Å². The molecule has 3 heteroatoms. The molecule has 1 heterocycles. The van der Waals surface area contributed by atoms with Gasteiger partial charge < -0.3 is 9.47 Å². The molecule has 1 aliphatic carbocycles. The monoisotopic (exact) mass is 274 g/mol. The molecule has 0 amide bonds. The average molecular weight is 274 g/mol. The molecule has 1 aromatic carbocycles. The molecule has 3 rings (SSSR count). The maximum Gasteiger partial charge on any atom is 0.338 e. The highest BCUT2D eigenvalue weighted by Gasteiger charge is 2.55. The van der Waals surface area contributed by atoms with Gasteiger partial charge in [-0.25, -0.2) is 4.79 Å². The van der Waals surface area contributed by atoms with Crippen molar-refractivity contribution in [1.82, 2.24) is 0 Å². The number of esters is 1. The fourth-order valence-corrected chi connectivity index (χ4v) is 3.52. The Kier molecular flexibility index (Phi) is 3.55. The maximum atomic E-state index is 12.2. The number of ether oxygens (including phenoxy) is 2. The van der Waals surface area contributed by atoms with Gasteiger partial charge in [-0.1, -0.05) is 50.6 Å². The highest BCUT2D eigenvalue weighted by atomic mass is 16.8. The molecular weight excluding hydrogens is 252 g/mol. The zero-order valence-electron chi connectivity index (χ0n) is 12.2. The molecule has 0 bridgehead atoms. The minimum atomic E-state index is -0.686. The van der Waals surface area contributed by atoms with Crippen molar-refractivity contribution in [3.63, 3.8) is 0 Å². The first kappa shape index (κ1) is 13.6. The summed E-state index contributed by atoms with van der Waals surface area (Å²) in [5.74, 6) is -0.337. The molecule has 3 atom stereocenters. The van der Waals surface area contributed by atoms with Crippen molar-refractivity contribution in [3.05, 3.63) is 35.9 Å². The number of hydrogen-bond donors (Lipinski definition) is 0. The zero-order chi connectivity index (χ0) is 14.2. The van der Waals surface area contributed by atoms with Gasteiger partial charge in [0.25, 0.3) is 0 Å². The van der Waals surface area contributed by atoms with Crippen molar-refractivity contribution < 1.29 is 14.3 Å². The highest BCUT2D eigenvalue weighted by Crippen LogP contribution is 2.46. The topological polar surface area (TPSA) is 35.5 Å². The molecule has 2 fully saturated rings. The predicted octanol–water partition coefficient (Wildman–Crippen LogP) is 3.32. The highest BCUT2D eigenvalue weighted by molar-refractivity contribution is 5.77. The SMILES string of the molecule is CC1CCCC(C)C12OC(=O)[C@H](Cc1ccccc1)O2. The number of carbonyl (C=O) groups excluding carboxylic acids is 1. The standard InChI is InChI=1S/C17H22O3/c1-12-7-6-8-13(2)17(12)19-15(16(18)20-17)11-14-9-4-3-5-10-14/h3-5,9-10,12-13,15H,6-8,11H2,1-2H3/t12?,13?,15-,17?/m0/s1. The third-order valence-corrected chi connectivity index (χ3v) is 4.76. The van der Waals surface area contributed by atoms with E-state index >= 15 is 0 Å². The molecule has 1 aromatic rings. The van der Waals surface area contributed by atoms with Gasteiger partial charge in [-0.15, -0.1) is 0 Å². The van der Waals surface area contributed by atoms with Gasteiger partial charge in [-0.05, 0) is 18.4 Å². The number of hydrogen-bond acceptors (Lipinski definition) is 3. The molecule has 0 N–H and O–H groups in total. The van der Waals surface area contributed by atoms with Crippen LogP contribution in [0.2, 0.25) is 0 Å². The Morgan fingerprint density at radius 3 is 2.45 bits per heavy atom. The molecule has 2 unspecified atom stereocenters. The second-order valence-corrected chi connectivity index (χ2v) is 6.17. The number of rotatable bonds is 2. The van der Waals surface area contributed by atoms with Crippen LogP contribution in [0.15, 0.2) is 30.3 Å². The van der Waals surface area contributed by atoms with Crippen LogP contribution in [0.25, 0.3) is 0 Å². The van der Waals surface area contributed by atoms with Gasteiger partial charge in [-0.2, -0.15) is 0 Å². The van der Waals surface area contributed by atoms with Crippen LogP contribution >= 0.6 is 0 Å². The van der Waals surface area contributed by atoms with E-state index in [4.69, 9.17) is 9.47 Å². The van der Waals surface area contributed by atoms with Gasteiger partial charge in [-0.3, -0.25) is 0 Å². The predicted molar refractivity (Wildman–Crippen MR) is 76.0 cm³/mol. The summed E-state index contributed by atoms with van der Waals surface area (Å²) in [5.41, 5.74) is 1.11. The quantitative estimate of drug-likeness (QED) is 0.776. The molecule has 20 heavy (non-hydrogen) atoms. The van der Waals surface area contributed by atoms with E-state index in [2.05, 4.69) is 13.8 Å². The summed E-state index contributed by atoms with van der Waals surface area (Å²) in [6.45, 7) is 4.27. The molecule has 108 valence electrons. The van der Waals surface area contributed by atoms with Crippen molar-refractivity contribution in [2.45, 2.75) is 51.4 Å². The van der Waals surface area contributed by atoms with E-state index in [0.29, 0.717) is 6.42 Å². The van der Waals surface area contributed by atoms with Crippen molar-refractivity contribution in [3.8, 4) is 0 Å². The summed E-state index contributed by atoms with van der Waals surface area (Å²) < 4.78 is 11.9. The Bertz CT molecular complexity index is 472. The Labute approximate surface area is 120 Å². The summed E-state index contributed by atoms with van der Waals surface area (Å²) >= 11 is 0. The molecular formula is C17H22O3. The normalized spacial score (nSPS) is 37.1. The average Bonchev–Trinajstić information content (AvgIpc) is 2.76. The van der Waals surface area contributed by atoms with E-state index in [0.717, 1.165) is 18.4 Å². The van der Waals surface area contributed by atoms with Crippen LogP contribution in [0.3, 0.4) is 0 Å². The lowest BCUT2D eigenvalue weighted by atomic mass is 9.77. The van der Waals surface area contributed by atoms with E-state index in [9.17, 15) is 4.79 Å². The Hall–Kier alpha value is -1.35. The molecule has 1 spiro atoms. The number of benzene rings is 1. The molecule has 1 saturated heterocycles. The smallest absolute Gasteiger partial charge is 0.338 e. The first-order valence-electron chi connectivity index (χ1n) is 7.56. The fourth-order valence-electron chi connectivity index (χ4n) is 3.52. The molecule has 2 aliphatic rings. The summed E-state index contributed by atoms with van der Waals surface area (Å²) in [6, 6.07) is 9.99. The maximum absolute atomic E-state index is 12.2. The van der Waals surface area contributed by atoms with E-state index < -0.39 is 11.9 Å². The van der Waals surface area contributed by atoms with Crippen molar-refractivity contribution in [2.75, 3.05) is 0 Å². The van der Waals surface area contributed by atoms with Gasteiger partial charge in [0.15, 0.2) is 6.10 Å². The fraction of sp³-hybridized carbons (Fsp3) is 0.588. The summed E-state index contributed by atoms with van der Waals surface area (Å²) in [7, 11) is 0. The molecule has 1 saturated carbocycles. The zero-order valence-corrected chi connectivity index (χ0v) is 12.2. The second-order valence-electron chi connectivity index (χ2n) is 6.17. The van der Waals surface area contributed by atoms with Crippen LogP contribution in [-0.4, -0.2) is 17.9 Å². The first-order valence-corrected chi connectivity index (χ1v) is 7.56. The lowest BCUT2D eigenvalue weighted by molar-refractivity contribution is -0.243. The van der Waals surface area contributed by atoms with Crippen molar-refractivity contribution >= 4 is 5.97 Å². The van der Waals surface area contributed by atoms with Crippen LogP contribution in [0.4, 0.5) is 0 Å². The lowest BCUT2D eigenvalue weighted by Crippen LogP contribution is -2.47. The largest absolute Gasteiger partial charge is 0.431 e. The van der Waals surface area contributed by atoms with E-state index in [1.165, 1.54) is 6.42 Å². The minimum Gasteiger partial charge on any atom is -0.431 e. The molecule has 1 aliphatic heterocycles. The van der Waals surface area contributed by atoms with Crippen LogP contribution in [0.1, 0.15) is 38.7 Å². The summed E-state index contributed by atoms with van der Waals surface area (Å²) in [5, 5.41) is 0.